The molecule has 0 radical (unpaired) electrons. The van der Waals surface area contributed by atoms with Gasteiger partial charge in [-0.05, 0) is 11.5 Å². The number of amides is 2. The van der Waals surface area contributed by atoms with Gasteiger partial charge in [-0.2, -0.15) is 0 Å². The molecule has 0 spiro atoms. The summed E-state index contributed by atoms with van der Waals surface area (Å²) in [6.07, 6.45) is 0.776. The van der Waals surface area contributed by atoms with E-state index in [1.165, 1.54) is 0 Å². The summed E-state index contributed by atoms with van der Waals surface area (Å²) >= 11 is 0. The first-order valence-corrected chi connectivity index (χ1v) is 9.04. The van der Waals surface area contributed by atoms with Crippen LogP contribution in [0.3, 0.4) is 0 Å². The first-order chi connectivity index (χ1) is 12.8. The normalized spacial score (nSPS) is 15.3. The highest BCUT2D eigenvalue weighted by atomic mass is 16.4. The zero-order valence-electron chi connectivity index (χ0n) is 15.7. The Labute approximate surface area is 159 Å². The second-order valence-corrected chi connectivity index (χ2v) is 6.57. The standard InChI is InChI=1S/C19H29N3O5/c1-3-12(2)16(20)18(25)22-15(11-13-7-5-4-6-8-13)17(24)21-14(9-10-23)19(26)27/h4-8,12,14-16,23H,3,9-11,20H2,1-2H3,(H,21,24)(H,22,25)(H,26,27)/t12-,14-,15-,16-/m0/s1. The molecular formula is C19H29N3O5. The van der Waals surface area contributed by atoms with Crippen LogP contribution in [0.1, 0.15) is 32.3 Å². The number of aliphatic carboxylic acids is 1. The Morgan fingerprint density at radius 3 is 2.19 bits per heavy atom. The van der Waals surface area contributed by atoms with E-state index in [4.69, 9.17) is 15.9 Å². The fourth-order valence-electron chi connectivity index (χ4n) is 2.50. The van der Waals surface area contributed by atoms with Gasteiger partial charge in [0.05, 0.1) is 6.04 Å². The second kappa shape index (κ2) is 11.3. The Bertz CT molecular complexity index is 623. The van der Waals surface area contributed by atoms with E-state index in [1.807, 2.05) is 44.2 Å². The van der Waals surface area contributed by atoms with Gasteiger partial charge in [0.15, 0.2) is 0 Å². The van der Waals surface area contributed by atoms with Crippen molar-refractivity contribution in [1.29, 1.82) is 0 Å². The summed E-state index contributed by atoms with van der Waals surface area (Å²) in [5, 5.41) is 23.2. The number of rotatable bonds is 11. The number of nitrogens with two attached hydrogens (primary N) is 1. The van der Waals surface area contributed by atoms with E-state index in [-0.39, 0.29) is 25.4 Å². The van der Waals surface area contributed by atoms with E-state index in [1.54, 1.807) is 0 Å². The molecule has 0 bridgehead atoms. The zero-order chi connectivity index (χ0) is 20.4. The smallest absolute Gasteiger partial charge is 0.326 e. The molecule has 0 unspecified atom stereocenters. The highest BCUT2D eigenvalue weighted by molar-refractivity contribution is 5.92. The average molecular weight is 379 g/mol. The molecule has 2 amide bonds. The molecule has 8 nitrogen and oxygen atoms in total. The van der Waals surface area contributed by atoms with Crippen molar-refractivity contribution in [2.75, 3.05) is 6.61 Å². The van der Waals surface area contributed by atoms with Gasteiger partial charge in [0.2, 0.25) is 11.8 Å². The maximum atomic E-state index is 12.6. The number of carbonyl (C=O) groups excluding carboxylic acids is 2. The predicted octanol–water partition coefficient (Wildman–Crippen LogP) is 0.0391. The quantitative estimate of drug-likeness (QED) is 0.367. The minimum Gasteiger partial charge on any atom is -0.480 e. The Morgan fingerprint density at radius 2 is 1.67 bits per heavy atom. The molecule has 0 aliphatic carbocycles. The Hall–Kier alpha value is -2.45. The summed E-state index contributed by atoms with van der Waals surface area (Å²) in [5.41, 5.74) is 6.75. The lowest BCUT2D eigenvalue weighted by Crippen LogP contribution is -2.56. The van der Waals surface area contributed by atoms with Crippen molar-refractivity contribution < 1.29 is 24.6 Å². The highest BCUT2D eigenvalue weighted by Crippen LogP contribution is 2.08. The molecule has 1 rings (SSSR count). The monoisotopic (exact) mass is 379 g/mol. The molecule has 4 atom stereocenters. The van der Waals surface area contributed by atoms with Gasteiger partial charge in [0.25, 0.3) is 0 Å². The molecule has 0 aromatic heterocycles. The molecule has 0 aliphatic rings. The van der Waals surface area contributed by atoms with Gasteiger partial charge in [0, 0.05) is 19.4 Å². The molecular weight excluding hydrogens is 350 g/mol. The van der Waals surface area contributed by atoms with Crippen LogP contribution < -0.4 is 16.4 Å². The van der Waals surface area contributed by atoms with Crippen LogP contribution in [0.15, 0.2) is 30.3 Å². The van der Waals surface area contributed by atoms with Crippen molar-refractivity contribution in [1.82, 2.24) is 10.6 Å². The highest BCUT2D eigenvalue weighted by Gasteiger charge is 2.29. The summed E-state index contributed by atoms with van der Waals surface area (Å²) in [6, 6.07) is 6.08. The Morgan fingerprint density at radius 1 is 1.07 bits per heavy atom. The number of carboxylic acids is 1. The largest absolute Gasteiger partial charge is 0.480 e. The van der Waals surface area contributed by atoms with E-state index < -0.39 is 35.9 Å². The molecule has 0 saturated heterocycles. The van der Waals surface area contributed by atoms with E-state index in [0.29, 0.717) is 6.42 Å². The van der Waals surface area contributed by atoms with E-state index in [0.717, 1.165) is 5.56 Å². The number of hydrogen-bond acceptors (Lipinski definition) is 5. The number of carbonyl (C=O) groups is 3. The fourth-order valence-corrected chi connectivity index (χ4v) is 2.50. The summed E-state index contributed by atoms with van der Waals surface area (Å²) in [5.74, 6) is -2.41. The summed E-state index contributed by atoms with van der Waals surface area (Å²) in [4.78, 5) is 36.3. The zero-order valence-corrected chi connectivity index (χ0v) is 15.7. The van der Waals surface area contributed by atoms with E-state index in [2.05, 4.69) is 10.6 Å². The molecule has 6 N–H and O–H groups in total. The molecule has 0 heterocycles. The van der Waals surface area contributed by atoms with Crippen molar-refractivity contribution in [3.63, 3.8) is 0 Å². The molecule has 0 saturated carbocycles. The number of nitrogens with one attached hydrogen (secondary N) is 2. The van der Waals surface area contributed by atoms with Crippen LogP contribution >= 0.6 is 0 Å². The summed E-state index contributed by atoms with van der Waals surface area (Å²) < 4.78 is 0. The molecule has 150 valence electrons. The van der Waals surface area contributed by atoms with Gasteiger partial charge in [-0.3, -0.25) is 9.59 Å². The number of carboxylic acid groups (broad SMARTS) is 1. The molecule has 8 heteroatoms. The van der Waals surface area contributed by atoms with E-state index in [9.17, 15) is 14.4 Å². The third kappa shape index (κ3) is 7.36. The van der Waals surface area contributed by atoms with Gasteiger partial charge in [0.1, 0.15) is 12.1 Å². The molecule has 1 aromatic carbocycles. The average Bonchev–Trinajstić information content (AvgIpc) is 2.66. The van der Waals surface area contributed by atoms with Crippen molar-refractivity contribution in [3.8, 4) is 0 Å². The summed E-state index contributed by atoms with van der Waals surface area (Å²) in [6.45, 7) is 3.38. The van der Waals surface area contributed by atoms with E-state index >= 15 is 0 Å². The number of hydrogen-bond donors (Lipinski definition) is 5. The van der Waals surface area contributed by atoms with Crippen LogP contribution in [-0.4, -0.2) is 52.7 Å². The second-order valence-electron chi connectivity index (χ2n) is 6.57. The molecule has 0 aliphatic heterocycles. The first-order valence-electron chi connectivity index (χ1n) is 9.04. The topological polar surface area (TPSA) is 142 Å². The van der Waals surface area contributed by atoms with Crippen LogP contribution in [0.25, 0.3) is 0 Å². The summed E-state index contributed by atoms with van der Waals surface area (Å²) in [7, 11) is 0. The Kier molecular flexibility index (Phi) is 9.46. The van der Waals surface area contributed by atoms with Crippen LogP contribution in [0, 0.1) is 5.92 Å². The third-order valence-corrected chi connectivity index (χ3v) is 4.51. The van der Waals surface area contributed by atoms with Crippen molar-refractivity contribution >= 4 is 17.8 Å². The predicted molar refractivity (Wildman–Crippen MR) is 101 cm³/mol. The van der Waals surface area contributed by atoms with Crippen LogP contribution in [0.4, 0.5) is 0 Å². The van der Waals surface area contributed by atoms with Crippen LogP contribution in [-0.2, 0) is 20.8 Å². The lowest BCUT2D eigenvalue weighted by Gasteiger charge is -2.24. The van der Waals surface area contributed by atoms with Crippen LogP contribution in [0.5, 0.6) is 0 Å². The van der Waals surface area contributed by atoms with Gasteiger partial charge in [-0.15, -0.1) is 0 Å². The van der Waals surface area contributed by atoms with Gasteiger partial charge in [-0.25, -0.2) is 4.79 Å². The van der Waals surface area contributed by atoms with Gasteiger partial charge in [-0.1, -0.05) is 50.6 Å². The van der Waals surface area contributed by atoms with Crippen LogP contribution in [0.2, 0.25) is 0 Å². The van der Waals surface area contributed by atoms with Crippen molar-refractivity contribution in [2.24, 2.45) is 11.7 Å². The fraction of sp³-hybridized carbons (Fsp3) is 0.526. The SMILES string of the molecule is CC[C@H](C)[C@H](N)C(=O)N[C@@H](Cc1ccccc1)C(=O)N[C@@H](CCO)C(=O)O. The molecule has 27 heavy (non-hydrogen) atoms. The van der Waals surface area contributed by atoms with Crippen molar-refractivity contribution in [3.05, 3.63) is 35.9 Å². The molecule has 0 fully saturated rings. The van der Waals surface area contributed by atoms with Gasteiger partial charge < -0.3 is 26.6 Å². The maximum absolute atomic E-state index is 12.6. The number of aliphatic hydroxyl groups excluding tert-OH is 1. The number of benzene rings is 1. The lowest BCUT2D eigenvalue weighted by atomic mass is 9.98. The first kappa shape index (κ1) is 22.6. The van der Waals surface area contributed by atoms with Crippen molar-refractivity contribution in [2.45, 2.75) is 51.2 Å². The minimum atomic E-state index is -1.25. The minimum absolute atomic E-state index is 0.0633. The maximum Gasteiger partial charge on any atom is 0.326 e. The van der Waals surface area contributed by atoms with Gasteiger partial charge >= 0.3 is 5.97 Å². The third-order valence-electron chi connectivity index (χ3n) is 4.51. The molecule has 1 aromatic rings. The lowest BCUT2D eigenvalue weighted by molar-refractivity contribution is -0.142. The Balaban J connectivity index is 2.94. The number of aliphatic hydroxyl groups is 1.